The number of fused-ring (bicyclic) bond motifs is 1. The van der Waals surface area contributed by atoms with Crippen molar-refractivity contribution in [3.63, 3.8) is 0 Å². The maximum Gasteiger partial charge on any atom is 0.157 e. The lowest BCUT2D eigenvalue weighted by Crippen LogP contribution is -2.50. The minimum absolute atomic E-state index is 0.185. The number of hydrogen-bond acceptors (Lipinski definition) is 5. The SMILES string of the molecule is Cc1cnn2cc(C3CN(C)CCN3N)cnc12. The summed E-state index contributed by atoms with van der Waals surface area (Å²) in [5, 5.41) is 6.19. The summed E-state index contributed by atoms with van der Waals surface area (Å²) < 4.78 is 1.83. The summed E-state index contributed by atoms with van der Waals surface area (Å²) in [7, 11) is 2.12. The van der Waals surface area contributed by atoms with Crippen molar-refractivity contribution in [2.45, 2.75) is 13.0 Å². The third-order valence-corrected chi connectivity index (χ3v) is 3.56. The summed E-state index contributed by atoms with van der Waals surface area (Å²) in [6.07, 6.45) is 5.77. The van der Waals surface area contributed by atoms with Crippen LogP contribution in [0.1, 0.15) is 17.2 Å². The van der Waals surface area contributed by atoms with E-state index in [1.165, 1.54) is 0 Å². The van der Waals surface area contributed by atoms with E-state index in [4.69, 9.17) is 5.84 Å². The lowest BCUT2D eigenvalue weighted by atomic mass is 10.1. The Balaban J connectivity index is 1.97. The standard InChI is InChI=1S/C12H18N6/c1-9-5-15-18-7-10(6-14-12(9)18)11-8-16(2)3-4-17(11)13/h5-7,11H,3-4,8,13H2,1-2H3. The molecule has 0 radical (unpaired) electrons. The van der Waals surface area contributed by atoms with Crippen LogP contribution in [0.2, 0.25) is 0 Å². The Bertz CT molecular complexity index is 563. The van der Waals surface area contributed by atoms with Gasteiger partial charge in [0.2, 0.25) is 0 Å². The predicted octanol–water partition coefficient (Wildman–Crippen LogP) is 0.200. The largest absolute Gasteiger partial charge is 0.303 e. The highest BCUT2D eigenvalue weighted by molar-refractivity contribution is 5.45. The van der Waals surface area contributed by atoms with E-state index in [9.17, 15) is 0 Å². The number of aromatic nitrogens is 3. The Morgan fingerprint density at radius 2 is 2.17 bits per heavy atom. The van der Waals surface area contributed by atoms with E-state index in [2.05, 4.69) is 22.0 Å². The third kappa shape index (κ3) is 1.88. The van der Waals surface area contributed by atoms with Gasteiger partial charge in [-0.05, 0) is 14.0 Å². The van der Waals surface area contributed by atoms with Crippen molar-refractivity contribution >= 4 is 5.65 Å². The molecular formula is C12H18N6. The number of nitrogens with two attached hydrogens (primary N) is 1. The van der Waals surface area contributed by atoms with E-state index in [1.54, 1.807) is 0 Å². The number of hydrogen-bond donors (Lipinski definition) is 1. The van der Waals surface area contributed by atoms with Crippen molar-refractivity contribution in [2.24, 2.45) is 5.84 Å². The van der Waals surface area contributed by atoms with Crippen LogP contribution in [0.15, 0.2) is 18.6 Å². The van der Waals surface area contributed by atoms with Gasteiger partial charge in [0.05, 0.1) is 12.2 Å². The quantitative estimate of drug-likeness (QED) is 0.728. The molecule has 6 nitrogen and oxygen atoms in total. The van der Waals surface area contributed by atoms with Gasteiger partial charge >= 0.3 is 0 Å². The third-order valence-electron chi connectivity index (χ3n) is 3.56. The first-order valence-electron chi connectivity index (χ1n) is 6.15. The van der Waals surface area contributed by atoms with Crippen LogP contribution in [0.4, 0.5) is 0 Å². The first-order chi connectivity index (χ1) is 8.65. The van der Waals surface area contributed by atoms with E-state index in [1.807, 2.05) is 35.0 Å². The van der Waals surface area contributed by atoms with E-state index in [0.29, 0.717) is 0 Å². The van der Waals surface area contributed by atoms with Crippen molar-refractivity contribution in [1.29, 1.82) is 0 Å². The molecule has 18 heavy (non-hydrogen) atoms. The molecule has 1 fully saturated rings. The predicted molar refractivity (Wildman–Crippen MR) is 68.9 cm³/mol. The molecular weight excluding hydrogens is 228 g/mol. The lowest BCUT2D eigenvalue weighted by molar-refractivity contribution is 0.0900. The summed E-state index contributed by atoms with van der Waals surface area (Å²) in [4.78, 5) is 6.76. The van der Waals surface area contributed by atoms with Gasteiger partial charge in [-0.15, -0.1) is 0 Å². The van der Waals surface area contributed by atoms with E-state index in [-0.39, 0.29) is 6.04 Å². The Morgan fingerprint density at radius 1 is 1.33 bits per heavy atom. The molecule has 0 saturated carbocycles. The Hall–Kier alpha value is -1.50. The molecule has 0 spiro atoms. The van der Waals surface area contributed by atoms with Crippen LogP contribution in [-0.4, -0.2) is 51.2 Å². The Kier molecular flexibility index (Phi) is 2.77. The molecule has 1 unspecified atom stereocenters. The Morgan fingerprint density at radius 3 is 3.00 bits per heavy atom. The second kappa shape index (κ2) is 4.31. The molecule has 3 heterocycles. The number of hydrazine groups is 1. The summed E-state index contributed by atoms with van der Waals surface area (Å²) >= 11 is 0. The topological polar surface area (TPSA) is 62.7 Å². The second-order valence-corrected chi connectivity index (χ2v) is 5.00. The highest BCUT2D eigenvalue weighted by atomic mass is 15.5. The van der Waals surface area contributed by atoms with Gasteiger partial charge in [0.15, 0.2) is 5.65 Å². The highest BCUT2D eigenvalue weighted by Crippen LogP contribution is 2.21. The molecule has 6 heteroatoms. The number of piperazine rings is 1. The zero-order valence-electron chi connectivity index (χ0n) is 10.7. The number of nitrogens with zero attached hydrogens (tertiary/aromatic N) is 5. The molecule has 3 rings (SSSR count). The molecule has 1 aliphatic rings. The lowest BCUT2D eigenvalue weighted by Gasteiger charge is -2.37. The minimum Gasteiger partial charge on any atom is -0.303 e. The molecule has 2 aromatic rings. The van der Waals surface area contributed by atoms with Gasteiger partial charge in [-0.3, -0.25) is 5.84 Å². The Labute approximate surface area is 106 Å². The fraction of sp³-hybridized carbons (Fsp3) is 0.500. The van der Waals surface area contributed by atoms with Crippen molar-refractivity contribution in [1.82, 2.24) is 24.5 Å². The fourth-order valence-corrected chi connectivity index (χ4v) is 2.41. The van der Waals surface area contributed by atoms with Crippen LogP contribution in [0.25, 0.3) is 5.65 Å². The fourth-order valence-electron chi connectivity index (χ4n) is 2.41. The van der Waals surface area contributed by atoms with Crippen molar-refractivity contribution in [3.05, 3.63) is 29.7 Å². The van der Waals surface area contributed by atoms with Gasteiger partial charge in [0, 0.05) is 43.2 Å². The van der Waals surface area contributed by atoms with Gasteiger partial charge in [-0.1, -0.05) is 0 Å². The molecule has 0 amide bonds. The number of likely N-dealkylation sites (N-methyl/N-ethyl adjacent to an activating group) is 1. The normalized spacial score (nSPS) is 22.7. The molecule has 0 bridgehead atoms. The summed E-state index contributed by atoms with van der Waals surface area (Å²) in [5.41, 5.74) is 3.11. The average molecular weight is 246 g/mol. The number of aryl methyl sites for hydroxylation is 1. The van der Waals surface area contributed by atoms with Crippen LogP contribution in [0, 0.1) is 6.92 Å². The minimum atomic E-state index is 0.185. The summed E-state index contributed by atoms with van der Waals surface area (Å²) in [6.45, 7) is 4.81. The smallest absolute Gasteiger partial charge is 0.157 e. The highest BCUT2D eigenvalue weighted by Gasteiger charge is 2.25. The van der Waals surface area contributed by atoms with E-state index in [0.717, 1.165) is 36.4 Å². The van der Waals surface area contributed by atoms with Gasteiger partial charge in [0.1, 0.15) is 0 Å². The molecule has 2 aromatic heterocycles. The monoisotopic (exact) mass is 246 g/mol. The van der Waals surface area contributed by atoms with Gasteiger partial charge in [-0.25, -0.2) is 14.5 Å². The van der Waals surface area contributed by atoms with Crippen LogP contribution in [0.3, 0.4) is 0 Å². The first kappa shape index (κ1) is 11.6. The van der Waals surface area contributed by atoms with Gasteiger partial charge in [-0.2, -0.15) is 5.10 Å². The zero-order chi connectivity index (χ0) is 12.7. The maximum atomic E-state index is 6.07. The van der Waals surface area contributed by atoms with Crippen molar-refractivity contribution in [3.8, 4) is 0 Å². The zero-order valence-corrected chi connectivity index (χ0v) is 10.7. The van der Waals surface area contributed by atoms with Gasteiger partial charge < -0.3 is 4.90 Å². The molecule has 0 aliphatic carbocycles. The maximum absolute atomic E-state index is 6.07. The van der Waals surface area contributed by atoms with Crippen LogP contribution < -0.4 is 5.84 Å². The van der Waals surface area contributed by atoms with E-state index < -0.39 is 0 Å². The number of rotatable bonds is 1. The molecule has 1 atom stereocenters. The van der Waals surface area contributed by atoms with Crippen LogP contribution >= 0.6 is 0 Å². The summed E-state index contributed by atoms with van der Waals surface area (Å²) in [5.74, 6) is 6.07. The van der Waals surface area contributed by atoms with Crippen LogP contribution in [-0.2, 0) is 0 Å². The molecule has 0 aromatic carbocycles. The first-order valence-corrected chi connectivity index (χ1v) is 6.15. The molecule has 1 aliphatic heterocycles. The second-order valence-electron chi connectivity index (χ2n) is 5.00. The average Bonchev–Trinajstić information content (AvgIpc) is 2.74. The van der Waals surface area contributed by atoms with Crippen LogP contribution in [0.5, 0.6) is 0 Å². The summed E-state index contributed by atoms with van der Waals surface area (Å²) in [6, 6.07) is 0.185. The van der Waals surface area contributed by atoms with Crippen molar-refractivity contribution in [2.75, 3.05) is 26.7 Å². The molecule has 96 valence electrons. The van der Waals surface area contributed by atoms with Crippen molar-refractivity contribution < 1.29 is 0 Å². The molecule has 2 N–H and O–H groups in total. The van der Waals surface area contributed by atoms with E-state index >= 15 is 0 Å². The molecule has 1 saturated heterocycles. The van der Waals surface area contributed by atoms with Gasteiger partial charge in [0.25, 0.3) is 0 Å².